The first-order valence-electron chi connectivity index (χ1n) is 7.16. The fraction of sp³-hybridized carbons (Fsp3) is 0.333. The summed E-state index contributed by atoms with van der Waals surface area (Å²) < 4.78 is 15.2. The van der Waals surface area contributed by atoms with E-state index in [1.807, 2.05) is 4.90 Å². The summed E-state index contributed by atoms with van der Waals surface area (Å²) in [6.45, 7) is 3.12. The summed E-state index contributed by atoms with van der Waals surface area (Å²) in [6, 6.07) is 5.98. The Hall–Kier alpha value is -1.44. The molecule has 1 aliphatic heterocycles. The van der Waals surface area contributed by atoms with Gasteiger partial charge in [0, 0.05) is 25.8 Å². The average molecular weight is 404 g/mol. The molecule has 5 nitrogen and oxygen atoms in total. The van der Waals surface area contributed by atoms with Crippen LogP contribution in [-0.4, -0.2) is 46.8 Å². The summed E-state index contributed by atoms with van der Waals surface area (Å²) >= 11 is 3.40. The van der Waals surface area contributed by atoms with Crippen molar-refractivity contribution in [2.24, 2.45) is 0 Å². The number of nitrogens with zero attached hydrogens (tertiary/aromatic N) is 3. The summed E-state index contributed by atoms with van der Waals surface area (Å²) in [7, 11) is 0. The Bertz CT molecular complexity index is 669. The van der Waals surface area contributed by atoms with Crippen LogP contribution in [0.15, 0.2) is 34.9 Å². The lowest BCUT2D eigenvalue weighted by atomic mass is 10.3. The minimum Gasteiger partial charge on any atom is -0.336 e. The van der Waals surface area contributed by atoms with Gasteiger partial charge in [0.1, 0.15) is 5.82 Å². The van der Waals surface area contributed by atoms with Crippen LogP contribution in [0, 0.1) is 5.82 Å². The second-order valence-corrected chi connectivity index (χ2v) is 6.00. The minimum atomic E-state index is -0.302. The van der Waals surface area contributed by atoms with Gasteiger partial charge in [0.15, 0.2) is 5.69 Å². The molecule has 2 heterocycles. The molecular weight excluding hydrogens is 387 g/mol. The van der Waals surface area contributed by atoms with Crippen molar-refractivity contribution in [2.45, 2.75) is 6.42 Å². The molecule has 1 amide bonds. The lowest BCUT2D eigenvalue weighted by Crippen LogP contribution is -2.34. The van der Waals surface area contributed by atoms with Gasteiger partial charge < -0.3 is 10.2 Å². The van der Waals surface area contributed by atoms with Crippen LogP contribution >= 0.6 is 28.3 Å². The quantitative estimate of drug-likeness (QED) is 0.839. The zero-order valence-corrected chi connectivity index (χ0v) is 14.7. The van der Waals surface area contributed by atoms with E-state index in [9.17, 15) is 9.18 Å². The molecule has 1 aromatic carbocycles. The van der Waals surface area contributed by atoms with Crippen LogP contribution in [0.1, 0.15) is 16.9 Å². The SMILES string of the molecule is Cl.O=C(c1nn(-c2ccc(F)cc2)cc1Br)N1CCCNCC1. The van der Waals surface area contributed by atoms with Gasteiger partial charge in [-0.1, -0.05) is 0 Å². The summed E-state index contributed by atoms with van der Waals surface area (Å²) in [5.41, 5.74) is 1.09. The molecule has 8 heteroatoms. The third-order valence-electron chi connectivity index (χ3n) is 3.59. The van der Waals surface area contributed by atoms with E-state index in [1.54, 1.807) is 23.0 Å². The number of hydrogen-bond donors (Lipinski definition) is 1. The number of carbonyl (C=O) groups excluding carboxylic acids is 1. The van der Waals surface area contributed by atoms with Crippen molar-refractivity contribution in [2.75, 3.05) is 26.2 Å². The first-order chi connectivity index (χ1) is 10.6. The second kappa shape index (κ2) is 7.90. The molecule has 1 N–H and O–H groups in total. The van der Waals surface area contributed by atoms with Gasteiger partial charge in [0.2, 0.25) is 0 Å². The van der Waals surface area contributed by atoms with Gasteiger partial charge in [0.25, 0.3) is 5.91 Å². The van der Waals surface area contributed by atoms with Crippen LogP contribution in [0.2, 0.25) is 0 Å². The van der Waals surface area contributed by atoms with Gasteiger partial charge in [0.05, 0.1) is 10.2 Å². The third-order valence-corrected chi connectivity index (χ3v) is 4.17. The number of amides is 1. The van der Waals surface area contributed by atoms with E-state index in [4.69, 9.17) is 0 Å². The molecule has 0 unspecified atom stereocenters. The van der Waals surface area contributed by atoms with Gasteiger partial charge in [-0.05, 0) is 53.2 Å². The molecule has 124 valence electrons. The van der Waals surface area contributed by atoms with E-state index in [2.05, 4.69) is 26.3 Å². The Morgan fingerprint density at radius 2 is 1.96 bits per heavy atom. The average Bonchev–Trinajstić information content (AvgIpc) is 2.74. The van der Waals surface area contributed by atoms with Crippen molar-refractivity contribution in [1.29, 1.82) is 0 Å². The third kappa shape index (κ3) is 4.10. The Morgan fingerprint density at radius 1 is 1.22 bits per heavy atom. The first kappa shape index (κ1) is 17.9. The normalized spacial score (nSPS) is 15.0. The Kier molecular flexibility index (Phi) is 6.15. The molecule has 0 saturated carbocycles. The Labute approximate surface area is 148 Å². The van der Waals surface area contributed by atoms with Crippen LogP contribution in [0.3, 0.4) is 0 Å². The molecule has 1 saturated heterocycles. The number of carbonyl (C=O) groups is 1. The van der Waals surface area contributed by atoms with E-state index >= 15 is 0 Å². The predicted octanol–water partition coefficient (Wildman–Crippen LogP) is 2.63. The maximum absolute atomic E-state index is 13.0. The zero-order valence-electron chi connectivity index (χ0n) is 12.3. The van der Waals surface area contributed by atoms with Crippen LogP contribution in [0.25, 0.3) is 5.69 Å². The Balaban J connectivity index is 0.00000192. The molecule has 1 aliphatic rings. The summed E-state index contributed by atoms with van der Waals surface area (Å²) in [5.74, 6) is -0.389. The van der Waals surface area contributed by atoms with Crippen molar-refractivity contribution in [3.63, 3.8) is 0 Å². The summed E-state index contributed by atoms with van der Waals surface area (Å²) in [5, 5.41) is 7.62. The number of hydrogen-bond acceptors (Lipinski definition) is 3. The molecule has 1 fully saturated rings. The highest BCUT2D eigenvalue weighted by molar-refractivity contribution is 9.10. The van der Waals surface area contributed by atoms with Gasteiger partial charge >= 0.3 is 0 Å². The van der Waals surface area contributed by atoms with Crippen molar-refractivity contribution in [3.05, 3.63) is 46.4 Å². The minimum absolute atomic E-state index is 0. The van der Waals surface area contributed by atoms with Gasteiger partial charge in [-0.2, -0.15) is 5.10 Å². The number of benzene rings is 1. The van der Waals surface area contributed by atoms with Gasteiger partial charge in [-0.15, -0.1) is 12.4 Å². The zero-order chi connectivity index (χ0) is 15.5. The van der Waals surface area contributed by atoms with Crippen LogP contribution in [-0.2, 0) is 0 Å². The first-order valence-corrected chi connectivity index (χ1v) is 7.95. The number of halogens is 3. The van der Waals surface area contributed by atoms with E-state index in [1.165, 1.54) is 12.1 Å². The Morgan fingerprint density at radius 3 is 2.70 bits per heavy atom. The topological polar surface area (TPSA) is 50.2 Å². The van der Waals surface area contributed by atoms with Gasteiger partial charge in [-0.25, -0.2) is 9.07 Å². The fourth-order valence-corrected chi connectivity index (χ4v) is 2.87. The molecule has 0 bridgehead atoms. The molecule has 0 radical (unpaired) electrons. The van der Waals surface area contributed by atoms with Crippen molar-refractivity contribution in [3.8, 4) is 5.69 Å². The molecule has 0 aliphatic carbocycles. The van der Waals surface area contributed by atoms with E-state index in [0.29, 0.717) is 22.4 Å². The van der Waals surface area contributed by atoms with Crippen molar-refractivity contribution in [1.82, 2.24) is 20.0 Å². The monoisotopic (exact) mass is 402 g/mol. The standard InChI is InChI=1S/C15H16BrFN4O.ClH/c16-13-10-21(12-4-2-11(17)3-5-12)19-14(13)15(22)20-8-1-6-18-7-9-20;/h2-5,10,18H,1,6-9H2;1H. The second-order valence-electron chi connectivity index (χ2n) is 5.14. The maximum atomic E-state index is 13.0. The maximum Gasteiger partial charge on any atom is 0.275 e. The number of rotatable bonds is 2. The lowest BCUT2D eigenvalue weighted by molar-refractivity contribution is 0.0759. The van der Waals surface area contributed by atoms with Gasteiger partial charge in [-0.3, -0.25) is 4.79 Å². The highest BCUT2D eigenvalue weighted by atomic mass is 79.9. The molecule has 23 heavy (non-hydrogen) atoms. The van der Waals surface area contributed by atoms with Crippen molar-refractivity contribution >= 4 is 34.2 Å². The van der Waals surface area contributed by atoms with E-state index in [-0.39, 0.29) is 24.1 Å². The molecule has 0 spiro atoms. The summed E-state index contributed by atoms with van der Waals surface area (Å²) in [6.07, 6.45) is 2.65. The number of aromatic nitrogens is 2. The molecule has 3 rings (SSSR count). The van der Waals surface area contributed by atoms with Crippen LogP contribution in [0.4, 0.5) is 4.39 Å². The largest absolute Gasteiger partial charge is 0.336 e. The van der Waals surface area contributed by atoms with Crippen LogP contribution in [0.5, 0.6) is 0 Å². The predicted molar refractivity (Wildman–Crippen MR) is 91.9 cm³/mol. The highest BCUT2D eigenvalue weighted by Gasteiger charge is 2.22. The molecular formula is C15H17BrClFN4O. The summed E-state index contributed by atoms with van der Waals surface area (Å²) in [4.78, 5) is 14.4. The van der Waals surface area contributed by atoms with Crippen molar-refractivity contribution < 1.29 is 9.18 Å². The molecule has 2 aromatic rings. The number of nitrogens with one attached hydrogen (secondary N) is 1. The molecule has 0 atom stereocenters. The smallest absolute Gasteiger partial charge is 0.275 e. The van der Waals surface area contributed by atoms with Crippen LogP contribution < -0.4 is 5.32 Å². The van der Waals surface area contributed by atoms with E-state index in [0.717, 1.165) is 26.1 Å². The lowest BCUT2D eigenvalue weighted by Gasteiger charge is -2.18. The molecule has 1 aromatic heterocycles. The van der Waals surface area contributed by atoms with E-state index < -0.39 is 0 Å². The highest BCUT2D eigenvalue weighted by Crippen LogP contribution is 2.20. The fourth-order valence-electron chi connectivity index (χ4n) is 2.42.